The molecule has 0 radical (unpaired) electrons. The SMILES string of the molecule is CCC(C)(C)Cc1nc(-c2ccc(CN)cc2)no1.Cl. The van der Waals surface area contributed by atoms with Gasteiger partial charge in [0.1, 0.15) is 0 Å². The van der Waals surface area contributed by atoms with E-state index in [1.165, 1.54) is 0 Å². The third kappa shape index (κ3) is 4.05. The van der Waals surface area contributed by atoms with Crippen LogP contribution in [-0.2, 0) is 13.0 Å². The maximum atomic E-state index is 5.58. The number of benzene rings is 1. The van der Waals surface area contributed by atoms with Gasteiger partial charge in [-0.25, -0.2) is 0 Å². The van der Waals surface area contributed by atoms with Gasteiger partial charge in [0, 0.05) is 18.5 Å². The zero-order valence-electron chi connectivity index (χ0n) is 12.2. The van der Waals surface area contributed by atoms with Gasteiger partial charge < -0.3 is 10.3 Å². The molecule has 2 aromatic rings. The first-order chi connectivity index (χ1) is 9.04. The van der Waals surface area contributed by atoms with Crippen LogP contribution in [-0.4, -0.2) is 10.1 Å². The average molecular weight is 296 g/mol. The van der Waals surface area contributed by atoms with Crippen molar-refractivity contribution in [2.45, 2.75) is 40.2 Å². The first-order valence-electron chi connectivity index (χ1n) is 6.66. The normalized spacial score (nSPS) is 11.2. The third-order valence-corrected chi connectivity index (χ3v) is 3.50. The number of aromatic nitrogens is 2. The van der Waals surface area contributed by atoms with E-state index in [2.05, 4.69) is 30.9 Å². The molecule has 0 fully saturated rings. The van der Waals surface area contributed by atoms with Crippen molar-refractivity contribution in [2.24, 2.45) is 11.1 Å². The molecule has 0 saturated heterocycles. The number of rotatable bonds is 5. The Bertz CT molecular complexity index is 534. The Labute approximate surface area is 126 Å². The van der Waals surface area contributed by atoms with Crippen molar-refractivity contribution >= 4 is 12.4 Å². The van der Waals surface area contributed by atoms with Crippen LogP contribution in [0.5, 0.6) is 0 Å². The van der Waals surface area contributed by atoms with E-state index >= 15 is 0 Å². The van der Waals surface area contributed by atoms with E-state index < -0.39 is 0 Å². The lowest BCUT2D eigenvalue weighted by molar-refractivity contribution is 0.285. The van der Waals surface area contributed by atoms with Crippen LogP contribution in [0.3, 0.4) is 0 Å². The standard InChI is InChI=1S/C15H21N3O.ClH/c1-4-15(2,3)9-13-17-14(18-19-13)12-7-5-11(10-16)6-8-12;/h5-8H,4,9-10,16H2,1-3H3;1H. The van der Waals surface area contributed by atoms with Crippen molar-refractivity contribution in [1.29, 1.82) is 0 Å². The highest BCUT2D eigenvalue weighted by atomic mass is 35.5. The maximum absolute atomic E-state index is 5.58. The van der Waals surface area contributed by atoms with Gasteiger partial charge in [0.05, 0.1) is 0 Å². The highest BCUT2D eigenvalue weighted by molar-refractivity contribution is 5.85. The molecular formula is C15H22ClN3O. The zero-order chi connectivity index (χ0) is 13.9. The molecule has 0 amide bonds. The van der Waals surface area contributed by atoms with Crippen molar-refractivity contribution in [3.63, 3.8) is 0 Å². The molecule has 110 valence electrons. The summed E-state index contributed by atoms with van der Waals surface area (Å²) in [4.78, 5) is 4.46. The second-order valence-electron chi connectivity index (χ2n) is 5.61. The minimum absolute atomic E-state index is 0. The van der Waals surface area contributed by atoms with E-state index in [1.807, 2.05) is 24.3 Å². The molecule has 4 nitrogen and oxygen atoms in total. The molecule has 0 atom stereocenters. The van der Waals surface area contributed by atoms with E-state index in [0.717, 1.165) is 24.0 Å². The highest BCUT2D eigenvalue weighted by Crippen LogP contribution is 2.26. The molecule has 0 aliphatic heterocycles. The van der Waals surface area contributed by atoms with Crippen molar-refractivity contribution in [3.8, 4) is 11.4 Å². The summed E-state index contributed by atoms with van der Waals surface area (Å²) in [6.07, 6.45) is 1.88. The molecule has 20 heavy (non-hydrogen) atoms. The van der Waals surface area contributed by atoms with E-state index in [1.54, 1.807) is 0 Å². The first-order valence-corrected chi connectivity index (χ1v) is 6.66. The molecule has 5 heteroatoms. The van der Waals surface area contributed by atoms with Crippen molar-refractivity contribution < 1.29 is 4.52 Å². The fourth-order valence-corrected chi connectivity index (χ4v) is 1.77. The van der Waals surface area contributed by atoms with Crippen LogP contribution in [0, 0.1) is 5.41 Å². The van der Waals surface area contributed by atoms with Crippen LogP contribution in [0.4, 0.5) is 0 Å². The predicted molar refractivity (Wildman–Crippen MR) is 82.6 cm³/mol. The predicted octanol–water partition coefficient (Wildman–Crippen LogP) is 3.60. The van der Waals surface area contributed by atoms with Gasteiger partial charge in [-0.15, -0.1) is 12.4 Å². The molecule has 0 unspecified atom stereocenters. The Morgan fingerprint density at radius 1 is 1.20 bits per heavy atom. The number of nitrogens with two attached hydrogens (primary N) is 1. The average Bonchev–Trinajstić information content (AvgIpc) is 2.86. The summed E-state index contributed by atoms with van der Waals surface area (Å²) < 4.78 is 5.33. The number of hydrogen-bond acceptors (Lipinski definition) is 4. The highest BCUT2D eigenvalue weighted by Gasteiger charge is 2.20. The molecule has 0 aliphatic carbocycles. The lowest BCUT2D eigenvalue weighted by Crippen LogP contribution is -2.13. The number of nitrogens with zero attached hydrogens (tertiary/aromatic N) is 2. The minimum atomic E-state index is 0. The minimum Gasteiger partial charge on any atom is -0.339 e. The summed E-state index contributed by atoms with van der Waals surface area (Å²) in [7, 11) is 0. The van der Waals surface area contributed by atoms with Crippen LogP contribution < -0.4 is 5.73 Å². The second kappa shape index (κ2) is 6.86. The Morgan fingerprint density at radius 2 is 1.85 bits per heavy atom. The molecule has 1 heterocycles. The van der Waals surface area contributed by atoms with E-state index in [-0.39, 0.29) is 17.8 Å². The molecule has 0 aliphatic rings. The molecule has 1 aromatic heterocycles. The van der Waals surface area contributed by atoms with Crippen molar-refractivity contribution in [2.75, 3.05) is 0 Å². The molecular weight excluding hydrogens is 274 g/mol. The largest absolute Gasteiger partial charge is 0.339 e. The molecule has 2 N–H and O–H groups in total. The summed E-state index contributed by atoms with van der Waals surface area (Å²) in [6, 6.07) is 7.92. The van der Waals surface area contributed by atoms with E-state index in [4.69, 9.17) is 10.3 Å². The molecule has 0 saturated carbocycles. The van der Waals surface area contributed by atoms with Crippen molar-refractivity contribution in [1.82, 2.24) is 10.1 Å². The Kier molecular flexibility index (Phi) is 5.72. The molecule has 2 rings (SSSR count). The Balaban J connectivity index is 0.00000200. The van der Waals surface area contributed by atoms with Crippen LogP contribution in [0.1, 0.15) is 38.6 Å². The quantitative estimate of drug-likeness (QED) is 0.915. The van der Waals surface area contributed by atoms with Crippen LogP contribution in [0.2, 0.25) is 0 Å². The summed E-state index contributed by atoms with van der Waals surface area (Å²) in [6.45, 7) is 7.12. The Hall–Kier alpha value is -1.39. The molecule has 1 aromatic carbocycles. The number of halogens is 1. The summed E-state index contributed by atoms with van der Waals surface area (Å²) in [5, 5.41) is 4.04. The van der Waals surface area contributed by atoms with Gasteiger partial charge >= 0.3 is 0 Å². The summed E-state index contributed by atoms with van der Waals surface area (Å²) in [5.41, 5.74) is 7.82. The topological polar surface area (TPSA) is 64.9 Å². The third-order valence-electron chi connectivity index (χ3n) is 3.50. The zero-order valence-corrected chi connectivity index (χ0v) is 13.0. The Morgan fingerprint density at radius 3 is 2.40 bits per heavy atom. The monoisotopic (exact) mass is 295 g/mol. The fraction of sp³-hybridized carbons (Fsp3) is 0.467. The van der Waals surface area contributed by atoms with Crippen LogP contribution in [0.15, 0.2) is 28.8 Å². The molecule has 0 bridgehead atoms. The van der Waals surface area contributed by atoms with Gasteiger partial charge in [-0.2, -0.15) is 4.98 Å². The maximum Gasteiger partial charge on any atom is 0.227 e. The van der Waals surface area contributed by atoms with E-state index in [0.29, 0.717) is 18.3 Å². The smallest absolute Gasteiger partial charge is 0.227 e. The lowest BCUT2D eigenvalue weighted by Gasteiger charge is -2.19. The van der Waals surface area contributed by atoms with Gasteiger partial charge in [0.2, 0.25) is 11.7 Å². The fourth-order valence-electron chi connectivity index (χ4n) is 1.77. The number of hydrogen-bond donors (Lipinski definition) is 1. The van der Waals surface area contributed by atoms with Gasteiger partial charge in [0.15, 0.2) is 0 Å². The first kappa shape index (κ1) is 16.7. The van der Waals surface area contributed by atoms with Crippen LogP contribution >= 0.6 is 12.4 Å². The van der Waals surface area contributed by atoms with Gasteiger partial charge in [-0.1, -0.05) is 56.6 Å². The van der Waals surface area contributed by atoms with Gasteiger partial charge in [-0.3, -0.25) is 0 Å². The van der Waals surface area contributed by atoms with Gasteiger partial charge in [-0.05, 0) is 11.0 Å². The lowest BCUT2D eigenvalue weighted by atomic mass is 9.86. The van der Waals surface area contributed by atoms with E-state index in [9.17, 15) is 0 Å². The second-order valence-corrected chi connectivity index (χ2v) is 5.61. The van der Waals surface area contributed by atoms with Gasteiger partial charge in [0.25, 0.3) is 0 Å². The molecule has 0 spiro atoms. The van der Waals surface area contributed by atoms with Crippen molar-refractivity contribution in [3.05, 3.63) is 35.7 Å². The van der Waals surface area contributed by atoms with Crippen LogP contribution in [0.25, 0.3) is 11.4 Å². The summed E-state index contributed by atoms with van der Waals surface area (Å²) in [5.74, 6) is 1.34. The summed E-state index contributed by atoms with van der Waals surface area (Å²) >= 11 is 0.